The number of phenolic OH excluding ortho intramolecular Hbond substituents is 1. The number of sulfonamides is 1. The van der Waals surface area contributed by atoms with Gasteiger partial charge in [-0.2, -0.15) is 0 Å². The van der Waals surface area contributed by atoms with Crippen LogP contribution in [-0.2, 0) is 19.6 Å². The van der Waals surface area contributed by atoms with Gasteiger partial charge in [0, 0.05) is 6.07 Å². The average Bonchev–Trinajstić information content (AvgIpc) is 2.33. The first-order valence-corrected chi connectivity index (χ1v) is 7.03. The average molecular weight is 312 g/mol. The number of hydrogen-bond acceptors (Lipinski definition) is 5. The van der Waals surface area contributed by atoms with E-state index in [0.29, 0.717) is 6.07 Å². The van der Waals surface area contributed by atoms with Crippen LogP contribution in [0.5, 0.6) is 5.75 Å². The second kappa shape index (κ2) is 6.07. The van der Waals surface area contributed by atoms with Crippen LogP contribution < -0.4 is 4.72 Å². The summed E-state index contributed by atoms with van der Waals surface area (Å²) < 4.78 is 42.5. The van der Waals surface area contributed by atoms with Crippen molar-refractivity contribution in [3.63, 3.8) is 0 Å². The molecule has 106 valence electrons. The third kappa shape index (κ3) is 4.56. The zero-order valence-electron chi connectivity index (χ0n) is 9.81. The molecular formula is C10H11ClFNO5S. The molecule has 0 heterocycles. The summed E-state index contributed by atoms with van der Waals surface area (Å²) in [5.41, 5.74) is -0.267. The van der Waals surface area contributed by atoms with E-state index >= 15 is 0 Å². The fourth-order valence-corrected chi connectivity index (χ4v) is 2.36. The van der Waals surface area contributed by atoms with Gasteiger partial charge < -0.3 is 9.84 Å². The number of methoxy groups -OCH3 is 1. The maximum Gasteiger partial charge on any atom is 0.306 e. The quantitative estimate of drug-likeness (QED) is 0.635. The molecule has 0 atom stereocenters. The lowest BCUT2D eigenvalue weighted by Crippen LogP contribution is -2.19. The number of hydrogen-bond donors (Lipinski definition) is 2. The number of nitrogens with one attached hydrogen (secondary N) is 1. The number of phenols is 1. The van der Waals surface area contributed by atoms with Gasteiger partial charge >= 0.3 is 5.97 Å². The van der Waals surface area contributed by atoms with Gasteiger partial charge in [0.2, 0.25) is 10.0 Å². The van der Waals surface area contributed by atoms with Crippen LogP contribution in [0.15, 0.2) is 12.1 Å². The Hall–Kier alpha value is -1.54. The van der Waals surface area contributed by atoms with E-state index in [-0.39, 0.29) is 17.1 Å². The molecule has 0 aliphatic carbocycles. The lowest BCUT2D eigenvalue weighted by atomic mass is 10.3. The number of rotatable bonds is 5. The second-order valence-corrected chi connectivity index (χ2v) is 5.78. The van der Waals surface area contributed by atoms with E-state index < -0.39 is 33.3 Å². The summed E-state index contributed by atoms with van der Waals surface area (Å²) in [4.78, 5) is 10.8. The molecule has 0 radical (unpaired) electrons. The van der Waals surface area contributed by atoms with E-state index in [1.165, 1.54) is 0 Å². The molecule has 9 heteroatoms. The predicted molar refractivity (Wildman–Crippen MR) is 67.1 cm³/mol. The van der Waals surface area contributed by atoms with E-state index in [1.54, 1.807) is 0 Å². The van der Waals surface area contributed by atoms with Gasteiger partial charge in [-0.15, -0.1) is 0 Å². The smallest absolute Gasteiger partial charge is 0.306 e. The summed E-state index contributed by atoms with van der Waals surface area (Å²) >= 11 is 5.47. The van der Waals surface area contributed by atoms with Gasteiger partial charge in [-0.25, -0.2) is 12.8 Å². The van der Waals surface area contributed by atoms with Crippen molar-refractivity contribution in [1.82, 2.24) is 0 Å². The van der Waals surface area contributed by atoms with E-state index in [2.05, 4.69) is 4.74 Å². The zero-order valence-corrected chi connectivity index (χ0v) is 11.4. The maximum atomic E-state index is 13.0. The number of anilines is 1. The van der Waals surface area contributed by atoms with Crippen molar-refractivity contribution in [2.45, 2.75) is 6.42 Å². The Bertz CT molecular complexity index is 590. The summed E-state index contributed by atoms with van der Waals surface area (Å²) in [7, 11) is -2.75. The third-order valence-corrected chi connectivity index (χ3v) is 3.67. The SMILES string of the molecule is COC(=O)CCS(=O)(=O)Nc1cc(Cl)c(F)cc1O. The highest BCUT2D eigenvalue weighted by molar-refractivity contribution is 7.92. The van der Waals surface area contributed by atoms with Crippen LogP contribution in [0.1, 0.15) is 6.42 Å². The number of esters is 1. The molecule has 6 nitrogen and oxygen atoms in total. The molecule has 0 saturated carbocycles. The largest absolute Gasteiger partial charge is 0.506 e. The maximum absolute atomic E-state index is 13.0. The standard InChI is InChI=1S/C10H11ClFNO5S/c1-18-10(15)2-3-19(16,17)13-8-4-6(11)7(12)5-9(8)14/h4-5,13-14H,2-3H2,1H3. The molecule has 0 unspecified atom stereocenters. The van der Waals surface area contributed by atoms with Gasteiger partial charge in [0.15, 0.2) is 0 Å². The van der Waals surface area contributed by atoms with Crippen LogP contribution in [-0.4, -0.2) is 32.4 Å². The molecule has 0 saturated heterocycles. The molecule has 0 aliphatic rings. The molecule has 0 aliphatic heterocycles. The molecule has 19 heavy (non-hydrogen) atoms. The molecule has 0 bridgehead atoms. The Morgan fingerprint density at radius 1 is 1.53 bits per heavy atom. The number of halogens is 2. The minimum Gasteiger partial charge on any atom is -0.506 e. The molecule has 2 N–H and O–H groups in total. The Balaban J connectivity index is 2.84. The van der Waals surface area contributed by atoms with E-state index in [4.69, 9.17) is 11.6 Å². The Morgan fingerprint density at radius 3 is 2.74 bits per heavy atom. The Labute approximate surface area is 114 Å². The minimum atomic E-state index is -3.88. The molecule has 1 rings (SSSR count). The second-order valence-electron chi connectivity index (χ2n) is 3.53. The van der Waals surface area contributed by atoms with Gasteiger partial charge in [-0.05, 0) is 6.07 Å². The summed E-state index contributed by atoms with van der Waals surface area (Å²) in [5.74, 6) is -2.71. The minimum absolute atomic E-state index is 0.267. The molecule has 1 aromatic rings. The lowest BCUT2D eigenvalue weighted by Gasteiger charge is -2.09. The molecule has 0 fully saturated rings. The van der Waals surface area contributed by atoms with Crippen molar-refractivity contribution < 1.29 is 27.4 Å². The monoisotopic (exact) mass is 311 g/mol. The molecular weight excluding hydrogens is 301 g/mol. The van der Waals surface area contributed by atoms with Crippen LogP contribution in [0.25, 0.3) is 0 Å². The third-order valence-electron chi connectivity index (χ3n) is 2.11. The van der Waals surface area contributed by atoms with Gasteiger partial charge in [-0.3, -0.25) is 9.52 Å². The first-order chi connectivity index (χ1) is 8.75. The summed E-state index contributed by atoms with van der Waals surface area (Å²) in [5, 5.41) is 9.04. The number of ether oxygens (including phenoxy) is 1. The summed E-state index contributed by atoms with van der Waals surface area (Å²) in [6.45, 7) is 0. The predicted octanol–water partition coefficient (Wildman–Crippen LogP) is 1.49. The van der Waals surface area contributed by atoms with Gasteiger partial charge in [-0.1, -0.05) is 11.6 Å². The van der Waals surface area contributed by atoms with E-state index in [9.17, 15) is 22.7 Å². The number of carbonyl (C=O) groups is 1. The van der Waals surface area contributed by atoms with Crippen molar-refractivity contribution >= 4 is 33.3 Å². The lowest BCUT2D eigenvalue weighted by molar-refractivity contribution is -0.140. The number of aromatic hydroxyl groups is 1. The Kier molecular flexibility index (Phi) is 4.96. The van der Waals surface area contributed by atoms with Crippen molar-refractivity contribution in [2.75, 3.05) is 17.6 Å². The van der Waals surface area contributed by atoms with Gasteiger partial charge in [0.25, 0.3) is 0 Å². The van der Waals surface area contributed by atoms with Crippen molar-refractivity contribution in [3.8, 4) is 5.75 Å². The highest BCUT2D eigenvalue weighted by Gasteiger charge is 2.17. The Morgan fingerprint density at radius 2 is 2.16 bits per heavy atom. The normalized spacial score (nSPS) is 11.1. The van der Waals surface area contributed by atoms with Crippen molar-refractivity contribution in [2.24, 2.45) is 0 Å². The topological polar surface area (TPSA) is 92.7 Å². The summed E-state index contributed by atoms with van der Waals surface area (Å²) in [6, 6.07) is 1.61. The van der Waals surface area contributed by atoms with Crippen LogP contribution >= 0.6 is 11.6 Å². The summed E-state index contributed by atoms with van der Waals surface area (Å²) in [6.07, 6.45) is -0.346. The number of benzene rings is 1. The molecule has 0 aromatic heterocycles. The highest BCUT2D eigenvalue weighted by Crippen LogP contribution is 2.30. The van der Waals surface area contributed by atoms with Gasteiger partial charge in [0.1, 0.15) is 11.6 Å². The van der Waals surface area contributed by atoms with Crippen LogP contribution in [0.3, 0.4) is 0 Å². The first kappa shape index (κ1) is 15.5. The van der Waals surface area contributed by atoms with Crippen molar-refractivity contribution in [3.05, 3.63) is 23.0 Å². The zero-order chi connectivity index (χ0) is 14.6. The fourth-order valence-electron chi connectivity index (χ4n) is 1.16. The highest BCUT2D eigenvalue weighted by atomic mass is 35.5. The van der Waals surface area contributed by atoms with Crippen molar-refractivity contribution in [1.29, 1.82) is 0 Å². The fraction of sp³-hybridized carbons (Fsp3) is 0.300. The van der Waals surface area contributed by atoms with E-state index in [0.717, 1.165) is 13.2 Å². The number of carbonyl (C=O) groups excluding carboxylic acids is 1. The molecule has 0 spiro atoms. The first-order valence-electron chi connectivity index (χ1n) is 5.00. The van der Waals surface area contributed by atoms with Crippen LogP contribution in [0, 0.1) is 5.82 Å². The van der Waals surface area contributed by atoms with Crippen LogP contribution in [0.2, 0.25) is 5.02 Å². The molecule has 0 amide bonds. The van der Waals surface area contributed by atoms with Gasteiger partial charge in [0.05, 0.1) is 30.0 Å². The van der Waals surface area contributed by atoms with Crippen LogP contribution in [0.4, 0.5) is 10.1 Å². The molecule has 1 aromatic carbocycles. The van der Waals surface area contributed by atoms with E-state index in [1.807, 2.05) is 4.72 Å².